The molecule has 0 aliphatic rings. The topological polar surface area (TPSA) is 46.3 Å². The highest BCUT2D eigenvalue weighted by Gasteiger charge is 2.16. The normalized spacial score (nSPS) is 10.5. The predicted molar refractivity (Wildman–Crippen MR) is 80.4 cm³/mol. The van der Waals surface area contributed by atoms with Crippen LogP contribution >= 0.6 is 11.3 Å². The van der Waals surface area contributed by atoms with Gasteiger partial charge >= 0.3 is 0 Å². The van der Waals surface area contributed by atoms with Gasteiger partial charge in [-0.1, -0.05) is 23.8 Å². The van der Waals surface area contributed by atoms with Crippen LogP contribution in [0.15, 0.2) is 29.6 Å². The maximum Gasteiger partial charge on any atom is 0.266 e. The van der Waals surface area contributed by atoms with E-state index in [9.17, 15) is 4.79 Å². The maximum absolute atomic E-state index is 12.3. The zero-order valence-electron chi connectivity index (χ0n) is 11.4. The molecule has 0 fully saturated rings. The molecule has 0 saturated carbocycles. The first kappa shape index (κ1) is 13.6. The summed E-state index contributed by atoms with van der Waals surface area (Å²) in [6, 6.07) is 8.04. The lowest BCUT2D eigenvalue weighted by atomic mass is 10.1. The Labute approximate surface area is 117 Å². The molecule has 3 nitrogen and oxygen atoms in total. The molecular formula is C15H18N2OS. The van der Waals surface area contributed by atoms with Gasteiger partial charge in [0.15, 0.2) is 0 Å². The molecule has 1 amide bonds. The molecule has 0 unspecified atom stereocenters. The van der Waals surface area contributed by atoms with Crippen LogP contribution in [0.1, 0.15) is 26.4 Å². The summed E-state index contributed by atoms with van der Waals surface area (Å²) in [7, 11) is 1.81. The molecule has 0 radical (unpaired) electrons. The van der Waals surface area contributed by atoms with Gasteiger partial charge < -0.3 is 10.6 Å². The summed E-state index contributed by atoms with van der Waals surface area (Å²) in [5.74, 6) is -0.0209. The zero-order valence-corrected chi connectivity index (χ0v) is 12.3. The van der Waals surface area contributed by atoms with Crippen molar-refractivity contribution in [1.82, 2.24) is 4.90 Å². The number of carbonyl (C=O) groups is 1. The Balaban J connectivity index is 2.15. The first-order chi connectivity index (χ1) is 8.99. The first-order valence-electron chi connectivity index (χ1n) is 6.13. The molecule has 2 aromatic rings. The molecule has 4 heteroatoms. The Kier molecular flexibility index (Phi) is 3.90. The van der Waals surface area contributed by atoms with E-state index < -0.39 is 0 Å². The zero-order chi connectivity index (χ0) is 14.0. The average Bonchev–Trinajstić information content (AvgIpc) is 2.78. The maximum atomic E-state index is 12.3. The molecule has 19 heavy (non-hydrogen) atoms. The summed E-state index contributed by atoms with van der Waals surface area (Å²) in [6.45, 7) is 4.74. The van der Waals surface area contributed by atoms with Crippen molar-refractivity contribution < 1.29 is 4.79 Å². The van der Waals surface area contributed by atoms with Crippen LogP contribution < -0.4 is 5.73 Å². The lowest BCUT2D eigenvalue weighted by molar-refractivity contribution is 0.0790. The van der Waals surface area contributed by atoms with Gasteiger partial charge in [0.05, 0.1) is 5.69 Å². The predicted octanol–water partition coefficient (Wildman–Crippen LogP) is 3.22. The molecule has 1 aromatic heterocycles. The van der Waals surface area contributed by atoms with Crippen molar-refractivity contribution in [2.24, 2.45) is 0 Å². The number of benzene rings is 1. The van der Waals surface area contributed by atoms with E-state index in [1.807, 2.05) is 5.38 Å². The number of anilines is 1. The minimum absolute atomic E-state index is 0.0209. The Morgan fingerprint density at radius 2 is 2.05 bits per heavy atom. The summed E-state index contributed by atoms with van der Waals surface area (Å²) in [6.07, 6.45) is 0. The molecule has 0 aliphatic carbocycles. The second kappa shape index (κ2) is 5.45. The molecule has 0 aliphatic heterocycles. The van der Waals surface area contributed by atoms with Gasteiger partial charge in [-0.3, -0.25) is 4.79 Å². The van der Waals surface area contributed by atoms with Crippen LogP contribution in [0.25, 0.3) is 0 Å². The molecule has 2 N–H and O–H groups in total. The van der Waals surface area contributed by atoms with Crippen LogP contribution in [0, 0.1) is 13.8 Å². The van der Waals surface area contributed by atoms with E-state index in [1.54, 1.807) is 18.0 Å². The van der Waals surface area contributed by atoms with Crippen molar-refractivity contribution in [2.45, 2.75) is 20.4 Å². The second-order valence-corrected chi connectivity index (χ2v) is 5.71. The van der Waals surface area contributed by atoms with Gasteiger partial charge in [-0.15, -0.1) is 11.3 Å². The quantitative estimate of drug-likeness (QED) is 0.934. The summed E-state index contributed by atoms with van der Waals surface area (Å²) >= 11 is 1.39. The van der Waals surface area contributed by atoms with Crippen LogP contribution in [-0.4, -0.2) is 17.9 Å². The summed E-state index contributed by atoms with van der Waals surface area (Å²) in [5, 5.41) is 1.84. The third kappa shape index (κ3) is 2.96. The molecule has 0 saturated heterocycles. The number of rotatable bonds is 3. The molecule has 0 atom stereocenters. The van der Waals surface area contributed by atoms with E-state index in [4.69, 9.17) is 5.73 Å². The highest BCUT2D eigenvalue weighted by Crippen LogP contribution is 2.21. The molecule has 1 aromatic carbocycles. The minimum Gasteiger partial charge on any atom is -0.397 e. The smallest absolute Gasteiger partial charge is 0.266 e. The highest BCUT2D eigenvalue weighted by atomic mass is 32.1. The SMILES string of the molecule is Cc1ccc(CN(C)C(=O)c2sccc2N)c(C)c1. The van der Waals surface area contributed by atoms with Crippen molar-refractivity contribution in [1.29, 1.82) is 0 Å². The lowest BCUT2D eigenvalue weighted by Gasteiger charge is -2.18. The van der Waals surface area contributed by atoms with Crippen LogP contribution in [0.5, 0.6) is 0 Å². The fourth-order valence-corrected chi connectivity index (χ4v) is 2.83. The summed E-state index contributed by atoms with van der Waals surface area (Å²) in [5.41, 5.74) is 9.95. The molecule has 100 valence electrons. The van der Waals surface area contributed by atoms with Gasteiger partial charge in [0.25, 0.3) is 5.91 Å². The number of carbonyl (C=O) groups excluding carboxylic acids is 1. The fourth-order valence-electron chi connectivity index (χ4n) is 2.02. The van der Waals surface area contributed by atoms with Crippen molar-refractivity contribution in [3.8, 4) is 0 Å². The van der Waals surface area contributed by atoms with E-state index in [0.29, 0.717) is 17.1 Å². The van der Waals surface area contributed by atoms with Gasteiger partial charge in [0, 0.05) is 13.6 Å². The third-order valence-electron chi connectivity index (χ3n) is 3.14. The van der Waals surface area contributed by atoms with Gasteiger partial charge in [0.2, 0.25) is 0 Å². The van der Waals surface area contributed by atoms with Crippen LogP contribution in [0.2, 0.25) is 0 Å². The van der Waals surface area contributed by atoms with Crippen molar-refractivity contribution in [3.05, 3.63) is 51.2 Å². The number of nitrogens with zero attached hydrogens (tertiary/aromatic N) is 1. The second-order valence-electron chi connectivity index (χ2n) is 4.80. The van der Waals surface area contributed by atoms with Crippen LogP contribution in [-0.2, 0) is 6.54 Å². The van der Waals surface area contributed by atoms with E-state index in [1.165, 1.54) is 22.5 Å². The number of hydrogen-bond acceptors (Lipinski definition) is 3. The summed E-state index contributed by atoms with van der Waals surface area (Å²) in [4.78, 5) is 14.6. The Bertz CT molecular complexity index is 604. The molecular weight excluding hydrogens is 256 g/mol. The van der Waals surface area contributed by atoms with Crippen molar-refractivity contribution in [2.75, 3.05) is 12.8 Å². The van der Waals surface area contributed by atoms with Crippen LogP contribution in [0.4, 0.5) is 5.69 Å². The van der Waals surface area contributed by atoms with Gasteiger partial charge in [-0.05, 0) is 36.4 Å². The largest absolute Gasteiger partial charge is 0.397 e. The van der Waals surface area contributed by atoms with Gasteiger partial charge in [-0.2, -0.15) is 0 Å². The molecule has 0 spiro atoms. The first-order valence-corrected chi connectivity index (χ1v) is 7.01. The van der Waals surface area contributed by atoms with E-state index in [-0.39, 0.29) is 5.91 Å². The number of nitrogen functional groups attached to an aromatic ring is 1. The fraction of sp³-hybridized carbons (Fsp3) is 0.267. The molecule has 0 bridgehead atoms. The Morgan fingerprint density at radius 3 is 2.63 bits per heavy atom. The van der Waals surface area contributed by atoms with E-state index in [2.05, 4.69) is 32.0 Å². The lowest BCUT2D eigenvalue weighted by Crippen LogP contribution is -2.26. The van der Waals surface area contributed by atoms with E-state index in [0.717, 1.165) is 5.56 Å². The number of hydrogen-bond donors (Lipinski definition) is 1. The molecule has 1 heterocycles. The average molecular weight is 274 g/mol. The monoisotopic (exact) mass is 274 g/mol. The van der Waals surface area contributed by atoms with Crippen LogP contribution in [0.3, 0.4) is 0 Å². The van der Waals surface area contributed by atoms with E-state index >= 15 is 0 Å². The molecule has 2 rings (SSSR count). The highest BCUT2D eigenvalue weighted by molar-refractivity contribution is 7.12. The van der Waals surface area contributed by atoms with Crippen molar-refractivity contribution >= 4 is 22.9 Å². The number of amides is 1. The summed E-state index contributed by atoms with van der Waals surface area (Å²) < 4.78 is 0. The number of nitrogens with two attached hydrogens (primary N) is 1. The van der Waals surface area contributed by atoms with Gasteiger partial charge in [0.1, 0.15) is 4.88 Å². The third-order valence-corrected chi connectivity index (χ3v) is 4.06. The standard InChI is InChI=1S/C15H18N2OS/c1-10-4-5-12(11(2)8-10)9-17(3)15(18)14-13(16)6-7-19-14/h4-8H,9,16H2,1-3H3. The number of aryl methyl sites for hydroxylation is 2. The minimum atomic E-state index is -0.0209. The Hall–Kier alpha value is -1.81. The number of thiophene rings is 1. The Morgan fingerprint density at radius 1 is 1.32 bits per heavy atom. The van der Waals surface area contributed by atoms with Crippen molar-refractivity contribution in [3.63, 3.8) is 0 Å². The van der Waals surface area contributed by atoms with Gasteiger partial charge in [-0.25, -0.2) is 0 Å².